The third-order valence-electron chi connectivity index (χ3n) is 5.55. The van der Waals surface area contributed by atoms with Crippen LogP contribution in [0.5, 0.6) is 0 Å². The van der Waals surface area contributed by atoms with E-state index in [2.05, 4.69) is 32.2 Å². The fraction of sp³-hybridized carbons (Fsp3) is 0.526. The second kappa shape index (κ2) is 7.07. The van der Waals surface area contributed by atoms with E-state index >= 15 is 0 Å². The number of thioether (sulfide) groups is 1. The van der Waals surface area contributed by atoms with E-state index in [1.165, 1.54) is 0 Å². The zero-order valence-corrected chi connectivity index (χ0v) is 16.7. The van der Waals surface area contributed by atoms with Gasteiger partial charge in [-0.2, -0.15) is 5.10 Å². The summed E-state index contributed by atoms with van der Waals surface area (Å²) in [6.45, 7) is 4.10. The number of nitrogens with one attached hydrogen (secondary N) is 1. The number of rotatable bonds is 6. The van der Waals surface area contributed by atoms with Crippen molar-refractivity contribution in [1.82, 2.24) is 25.3 Å². The molecule has 3 heterocycles. The molecule has 3 aromatic heterocycles. The molecule has 0 unspecified atom stereocenters. The average Bonchev–Trinajstić information content (AvgIpc) is 3.33. The Balaban J connectivity index is 1.85. The normalized spacial score (nSPS) is 19.4. The molecular formula is C19H23N5O2S. The third-order valence-corrected chi connectivity index (χ3v) is 6.25. The van der Waals surface area contributed by atoms with Crippen LogP contribution in [0, 0.1) is 0 Å². The molecule has 142 valence electrons. The number of carbonyl (C=O) groups is 1. The van der Waals surface area contributed by atoms with Gasteiger partial charge in [0.25, 0.3) is 0 Å². The number of hydrogen-bond donors (Lipinski definition) is 1. The topological polar surface area (TPSA) is 97.6 Å². The first kappa shape index (κ1) is 18.2. The smallest absolute Gasteiger partial charge is 0.185 e. The Morgan fingerprint density at radius 3 is 2.96 bits per heavy atom. The zero-order chi connectivity index (χ0) is 19.0. The molecule has 0 aromatic carbocycles. The van der Waals surface area contributed by atoms with Crippen molar-refractivity contribution in [3.05, 3.63) is 17.5 Å². The number of carbonyl (C=O) groups excluding carboxylic acids is 1. The van der Waals surface area contributed by atoms with Gasteiger partial charge < -0.3 is 4.52 Å². The molecule has 1 N–H and O–H groups in total. The van der Waals surface area contributed by atoms with Crippen LogP contribution >= 0.6 is 11.8 Å². The van der Waals surface area contributed by atoms with Crippen molar-refractivity contribution in [2.45, 2.75) is 62.8 Å². The van der Waals surface area contributed by atoms with Crippen LogP contribution in [0.2, 0.25) is 0 Å². The summed E-state index contributed by atoms with van der Waals surface area (Å²) in [6, 6.07) is 0. The highest BCUT2D eigenvalue weighted by molar-refractivity contribution is 7.98. The zero-order valence-electron chi connectivity index (χ0n) is 15.8. The van der Waals surface area contributed by atoms with Crippen molar-refractivity contribution in [3.63, 3.8) is 0 Å². The molecule has 1 aliphatic carbocycles. The summed E-state index contributed by atoms with van der Waals surface area (Å²) in [5.41, 5.74) is 1.76. The first-order valence-electron chi connectivity index (χ1n) is 9.42. The van der Waals surface area contributed by atoms with Gasteiger partial charge in [-0.25, -0.2) is 9.97 Å². The van der Waals surface area contributed by atoms with Crippen LogP contribution in [-0.2, 0) is 16.6 Å². The maximum atomic E-state index is 13.0. The van der Waals surface area contributed by atoms with E-state index in [9.17, 15) is 4.79 Å². The van der Waals surface area contributed by atoms with E-state index in [0.29, 0.717) is 23.6 Å². The molecule has 27 heavy (non-hydrogen) atoms. The Bertz CT molecular complexity index is 995. The molecule has 4 rings (SSSR count). The Labute approximate surface area is 161 Å². The maximum Gasteiger partial charge on any atom is 0.185 e. The molecule has 0 saturated heterocycles. The van der Waals surface area contributed by atoms with Crippen LogP contribution < -0.4 is 0 Å². The van der Waals surface area contributed by atoms with E-state index in [-0.39, 0.29) is 5.78 Å². The van der Waals surface area contributed by atoms with E-state index < -0.39 is 5.41 Å². The van der Waals surface area contributed by atoms with Crippen LogP contribution in [0.15, 0.2) is 15.7 Å². The molecule has 0 spiro atoms. The molecule has 0 aliphatic heterocycles. The summed E-state index contributed by atoms with van der Waals surface area (Å²) < 4.78 is 5.80. The molecule has 0 amide bonds. The molecule has 0 fully saturated rings. The summed E-state index contributed by atoms with van der Waals surface area (Å²) in [6.07, 6.45) is 8.42. The van der Waals surface area contributed by atoms with Gasteiger partial charge in [0, 0.05) is 12.0 Å². The molecule has 0 bridgehead atoms. The quantitative estimate of drug-likeness (QED) is 0.504. The first-order valence-corrected chi connectivity index (χ1v) is 10.6. The fourth-order valence-electron chi connectivity index (χ4n) is 4.11. The number of hydrogen-bond acceptors (Lipinski definition) is 7. The van der Waals surface area contributed by atoms with Gasteiger partial charge in [0.05, 0.1) is 17.0 Å². The number of Topliss-reactive ketones (excluding diaryl/α,β-unsaturated/α-hetero) is 1. The molecule has 0 saturated carbocycles. The number of aromatic nitrogens is 5. The molecule has 7 nitrogen and oxygen atoms in total. The minimum Gasteiger partial charge on any atom is -0.359 e. The van der Waals surface area contributed by atoms with Crippen molar-refractivity contribution >= 4 is 28.6 Å². The van der Waals surface area contributed by atoms with Crippen molar-refractivity contribution < 1.29 is 9.32 Å². The van der Waals surface area contributed by atoms with Gasteiger partial charge in [-0.1, -0.05) is 19.0 Å². The Morgan fingerprint density at radius 1 is 1.37 bits per heavy atom. The number of nitrogens with zero attached hydrogens (tertiary/aromatic N) is 4. The maximum absolute atomic E-state index is 13.0. The lowest BCUT2D eigenvalue weighted by molar-refractivity contribution is -0.126. The standard InChI is InChI=1S/C19H23N5O2S/c1-4-7-13(25)19(5-2)9-6-8-11-14(24-26-15(11)19)17-21-16-12(10-20-23-16)18(22-17)27-3/h10H,4-9H2,1-3H3,(H,20,21,22,23)/t19-/m1/s1. The van der Waals surface area contributed by atoms with Crippen LogP contribution in [0.25, 0.3) is 22.6 Å². The van der Waals surface area contributed by atoms with Crippen LogP contribution in [0.4, 0.5) is 0 Å². The second-order valence-electron chi connectivity index (χ2n) is 6.99. The Kier molecular flexibility index (Phi) is 4.75. The largest absolute Gasteiger partial charge is 0.359 e. The predicted octanol–water partition coefficient (Wildman–Crippen LogP) is 4.08. The summed E-state index contributed by atoms with van der Waals surface area (Å²) >= 11 is 1.54. The summed E-state index contributed by atoms with van der Waals surface area (Å²) in [5.74, 6) is 1.51. The lowest BCUT2D eigenvalue weighted by Gasteiger charge is -2.33. The average molecular weight is 385 g/mol. The SMILES string of the molecule is CCCC(=O)[C@@]1(CC)CCCc2c(-c3nc(SC)c4cn[nH]c4n3)noc21. The molecular weight excluding hydrogens is 362 g/mol. The summed E-state index contributed by atoms with van der Waals surface area (Å²) in [7, 11) is 0. The van der Waals surface area contributed by atoms with Gasteiger partial charge in [0.2, 0.25) is 0 Å². The lowest BCUT2D eigenvalue weighted by atomic mass is 9.68. The van der Waals surface area contributed by atoms with E-state index in [4.69, 9.17) is 4.52 Å². The van der Waals surface area contributed by atoms with Gasteiger partial charge in [0.15, 0.2) is 22.9 Å². The van der Waals surface area contributed by atoms with Crippen molar-refractivity contribution in [2.75, 3.05) is 6.26 Å². The van der Waals surface area contributed by atoms with Crippen LogP contribution in [0.1, 0.15) is 57.3 Å². The van der Waals surface area contributed by atoms with Crippen LogP contribution in [0.3, 0.4) is 0 Å². The highest BCUT2D eigenvalue weighted by Crippen LogP contribution is 2.44. The molecule has 1 aliphatic rings. The fourth-order valence-corrected chi connectivity index (χ4v) is 4.66. The second-order valence-corrected chi connectivity index (χ2v) is 7.78. The Morgan fingerprint density at radius 2 is 2.22 bits per heavy atom. The van der Waals surface area contributed by atoms with Gasteiger partial charge in [-0.05, 0) is 38.4 Å². The third kappa shape index (κ3) is 2.77. The van der Waals surface area contributed by atoms with Crippen molar-refractivity contribution in [1.29, 1.82) is 0 Å². The first-order chi connectivity index (χ1) is 13.1. The number of H-pyrrole nitrogens is 1. The van der Waals surface area contributed by atoms with Gasteiger partial charge in [-0.3, -0.25) is 9.89 Å². The lowest BCUT2D eigenvalue weighted by Crippen LogP contribution is -2.38. The van der Waals surface area contributed by atoms with Crippen molar-refractivity contribution in [3.8, 4) is 11.5 Å². The van der Waals surface area contributed by atoms with Crippen molar-refractivity contribution in [2.24, 2.45) is 0 Å². The van der Waals surface area contributed by atoms with Gasteiger partial charge in [0.1, 0.15) is 10.8 Å². The monoisotopic (exact) mass is 385 g/mol. The predicted molar refractivity (Wildman–Crippen MR) is 104 cm³/mol. The molecule has 8 heteroatoms. The van der Waals surface area contributed by atoms with E-state index in [1.807, 2.05) is 13.2 Å². The highest BCUT2D eigenvalue weighted by Gasteiger charge is 2.46. The minimum absolute atomic E-state index is 0.255. The van der Waals surface area contributed by atoms with Crippen LogP contribution in [-0.4, -0.2) is 37.4 Å². The summed E-state index contributed by atoms with van der Waals surface area (Å²) in [5, 5.41) is 13.0. The highest BCUT2D eigenvalue weighted by atomic mass is 32.2. The number of aromatic amines is 1. The summed E-state index contributed by atoms with van der Waals surface area (Å²) in [4.78, 5) is 22.2. The minimum atomic E-state index is -0.560. The van der Waals surface area contributed by atoms with Gasteiger partial charge in [-0.15, -0.1) is 11.8 Å². The van der Waals surface area contributed by atoms with E-state index in [1.54, 1.807) is 18.0 Å². The van der Waals surface area contributed by atoms with Gasteiger partial charge >= 0.3 is 0 Å². The number of fused-ring (bicyclic) bond motifs is 2. The molecule has 0 radical (unpaired) electrons. The van der Waals surface area contributed by atoms with E-state index in [0.717, 1.165) is 53.8 Å². The number of ketones is 1. The Hall–Kier alpha value is -2.22. The molecule has 3 aromatic rings. The molecule has 1 atom stereocenters.